The van der Waals surface area contributed by atoms with Gasteiger partial charge in [0.25, 0.3) is 0 Å². The minimum absolute atomic E-state index is 0.137. The van der Waals surface area contributed by atoms with Crippen LogP contribution in [0.25, 0.3) is 16.4 Å². The number of carbonyl (C=O) groups excluding carboxylic acids is 1. The van der Waals surface area contributed by atoms with Crippen LogP contribution in [0.2, 0.25) is 0 Å². The lowest BCUT2D eigenvalue weighted by molar-refractivity contribution is -0.115. The summed E-state index contributed by atoms with van der Waals surface area (Å²) in [5, 5.41) is 12.7. The van der Waals surface area contributed by atoms with Crippen molar-refractivity contribution >= 4 is 33.7 Å². The molecule has 0 atom stereocenters. The van der Waals surface area contributed by atoms with E-state index in [9.17, 15) is 4.79 Å². The predicted octanol–water partition coefficient (Wildman–Crippen LogP) is 4.98. The van der Waals surface area contributed by atoms with E-state index in [2.05, 4.69) is 27.0 Å². The molecule has 0 aliphatic heterocycles. The standard InChI is InChI=1S/C22H21N5OS2/c1-4-8-18-14(2)26-27(15(18)3)22-23-17(12-30-22)11-20(28)25-21-24-19(13-29-21)16-9-6-5-7-10-16/h4-7,9-10,12-13H,1,8,11H2,2-3H3,(H,24,25,28). The van der Waals surface area contributed by atoms with Gasteiger partial charge in [0.1, 0.15) is 0 Å². The lowest BCUT2D eigenvalue weighted by Gasteiger charge is -2.01. The molecule has 0 aliphatic rings. The molecule has 152 valence electrons. The van der Waals surface area contributed by atoms with E-state index in [0.717, 1.165) is 39.8 Å². The van der Waals surface area contributed by atoms with Gasteiger partial charge in [-0.15, -0.1) is 29.3 Å². The van der Waals surface area contributed by atoms with E-state index in [0.29, 0.717) is 10.8 Å². The molecule has 4 aromatic rings. The normalized spacial score (nSPS) is 10.9. The third kappa shape index (κ3) is 4.24. The maximum Gasteiger partial charge on any atom is 0.232 e. The van der Waals surface area contributed by atoms with E-state index in [-0.39, 0.29) is 12.3 Å². The van der Waals surface area contributed by atoms with Gasteiger partial charge in [-0.25, -0.2) is 14.6 Å². The van der Waals surface area contributed by atoms with Crippen molar-refractivity contribution in [1.29, 1.82) is 0 Å². The largest absolute Gasteiger partial charge is 0.302 e. The maximum absolute atomic E-state index is 12.5. The summed E-state index contributed by atoms with van der Waals surface area (Å²) in [5.41, 5.74) is 5.78. The van der Waals surface area contributed by atoms with Gasteiger partial charge in [-0.3, -0.25) is 4.79 Å². The number of aromatic nitrogens is 4. The lowest BCUT2D eigenvalue weighted by Crippen LogP contribution is -2.14. The number of anilines is 1. The van der Waals surface area contributed by atoms with E-state index >= 15 is 0 Å². The van der Waals surface area contributed by atoms with Crippen molar-refractivity contribution in [1.82, 2.24) is 19.7 Å². The third-order valence-electron chi connectivity index (χ3n) is 4.67. The van der Waals surface area contributed by atoms with Crippen molar-refractivity contribution in [3.05, 3.63) is 76.4 Å². The third-order valence-corrected chi connectivity index (χ3v) is 6.29. The molecule has 0 unspecified atom stereocenters. The highest BCUT2D eigenvalue weighted by molar-refractivity contribution is 7.14. The minimum atomic E-state index is -0.137. The summed E-state index contributed by atoms with van der Waals surface area (Å²) in [6.45, 7) is 7.83. The topological polar surface area (TPSA) is 72.7 Å². The Labute approximate surface area is 183 Å². The van der Waals surface area contributed by atoms with E-state index in [4.69, 9.17) is 0 Å². The Morgan fingerprint density at radius 1 is 1.17 bits per heavy atom. The number of nitrogens with one attached hydrogen (secondary N) is 1. The molecule has 1 amide bonds. The van der Waals surface area contributed by atoms with E-state index < -0.39 is 0 Å². The molecular weight excluding hydrogens is 414 g/mol. The van der Waals surface area contributed by atoms with Crippen LogP contribution < -0.4 is 5.32 Å². The van der Waals surface area contributed by atoms with Crippen LogP contribution >= 0.6 is 22.7 Å². The summed E-state index contributed by atoms with van der Waals surface area (Å²) in [6.07, 6.45) is 2.84. The first kappa shape index (κ1) is 20.2. The molecule has 8 heteroatoms. The fourth-order valence-corrected chi connectivity index (χ4v) is 4.74. The Bertz CT molecular complexity index is 1190. The van der Waals surface area contributed by atoms with Crippen LogP contribution in [0.15, 0.2) is 53.7 Å². The predicted molar refractivity (Wildman–Crippen MR) is 122 cm³/mol. The van der Waals surface area contributed by atoms with E-state index in [1.54, 1.807) is 0 Å². The average Bonchev–Trinajstić information content (AvgIpc) is 3.45. The molecule has 0 aliphatic carbocycles. The van der Waals surface area contributed by atoms with Crippen LogP contribution in [0.5, 0.6) is 0 Å². The number of hydrogen-bond acceptors (Lipinski definition) is 6. The van der Waals surface area contributed by atoms with Crippen LogP contribution in [0.4, 0.5) is 5.13 Å². The number of thiazole rings is 2. The van der Waals surface area contributed by atoms with E-state index in [1.165, 1.54) is 22.7 Å². The second-order valence-electron chi connectivity index (χ2n) is 6.80. The monoisotopic (exact) mass is 435 g/mol. The second-order valence-corrected chi connectivity index (χ2v) is 8.50. The Hall–Kier alpha value is -3.10. The van der Waals surface area contributed by atoms with Crippen molar-refractivity contribution in [2.45, 2.75) is 26.7 Å². The van der Waals surface area contributed by atoms with Gasteiger partial charge in [-0.2, -0.15) is 5.10 Å². The van der Waals surface area contributed by atoms with Crippen LogP contribution in [-0.4, -0.2) is 25.7 Å². The van der Waals surface area contributed by atoms with Gasteiger partial charge in [-0.05, 0) is 20.3 Å². The molecule has 3 aromatic heterocycles. The number of hydrogen-bond donors (Lipinski definition) is 1. The zero-order chi connectivity index (χ0) is 21.1. The summed E-state index contributed by atoms with van der Waals surface area (Å²) < 4.78 is 1.84. The van der Waals surface area contributed by atoms with Crippen molar-refractivity contribution in [2.75, 3.05) is 5.32 Å². The maximum atomic E-state index is 12.5. The summed E-state index contributed by atoms with van der Waals surface area (Å²) in [4.78, 5) is 21.6. The first-order chi connectivity index (χ1) is 14.5. The summed E-state index contributed by atoms with van der Waals surface area (Å²) in [7, 11) is 0. The van der Waals surface area contributed by atoms with Gasteiger partial charge in [0, 0.05) is 27.6 Å². The number of aryl methyl sites for hydroxylation is 1. The quantitative estimate of drug-likeness (QED) is 0.416. The zero-order valence-electron chi connectivity index (χ0n) is 16.8. The lowest BCUT2D eigenvalue weighted by atomic mass is 10.1. The highest BCUT2D eigenvalue weighted by atomic mass is 32.1. The number of allylic oxidation sites excluding steroid dienone is 1. The van der Waals surface area contributed by atoms with Crippen molar-refractivity contribution in [3.63, 3.8) is 0 Å². The van der Waals surface area contributed by atoms with Crippen LogP contribution in [0, 0.1) is 13.8 Å². The molecule has 0 saturated heterocycles. The minimum Gasteiger partial charge on any atom is -0.302 e. The SMILES string of the molecule is C=CCc1c(C)nn(-c2nc(CC(=O)Nc3nc(-c4ccccc4)cs3)cs2)c1C. The van der Waals surface area contributed by atoms with Gasteiger partial charge in [0.05, 0.1) is 23.5 Å². The Balaban J connectivity index is 1.43. The van der Waals surface area contributed by atoms with E-state index in [1.807, 2.05) is 65.7 Å². The Kier molecular flexibility index (Phi) is 5.87. The molecule has 0 bridgehead atoms. The summed E-state index contributed by atoms with van der Waals surface area (Å²) in [5.74, 6) is -0.137. The summed E-state index contributed by atoms with van der Waals surface area (Å²) >= 11 is 2.89. The highest BCUT2D eigenvalue weighted by Gasteiger charge is 2.16. The van der Waals surface area contributed by atoms with Crippen molar-refractivity contribution in [3.8, 4) is 16.4 Å². The number of carbonyl (C=O) groups is 1. The molecule has 0 radical (unpaired) electrons. The number of rotatable bonds is 7. The molecular formula is C22H21N5OS2. The second kappa shape index (κ2) is 8.73. The molecule has 6 nitrogen and oxygen atoms in total. The fourth-order valence-electron chi connectivity index (χ4n) is 3.18. The number of benzene rings is 1. The number of amides is 1. The van der Waals surface area contributed by atoms with Crippen molar-refractivity contribution in [2.24, 2.45) is 0 Å². The van der Waals surface area contributed by atoms with Crippen LogP contribution in [0.3, 0.4) is 0 Å². The van der Waals surface area contributed by atoms with Crippen LogP contribution in [-0.2, 0) is 17.6 Å². The van der Waals surface area contributed by atoms with Gasteiger partial charge < -0.3 is 5.32 Å². The van der Waals surface area contributed by atoms with Gasteiger partial charge >= 0.3 is 0 Å². The Morgan fingerprint density at radius 3 is 2.73 bits per heavy atom. The molecule has 4 rings (SSSR count). The molecule has 1 N–H and O–H groups in total. The first-order valence-corrected chi connectivity index (χ1v) is 11.2. The smallest absolute Gasteiger partial charge is 0.232 e. The van der Waals surface area contributed by atoms with Crippen LogP contribution in [0.1, 0.15) is 22.6 Å². The van der Waals surface area contributed by atoms with Gasteiger partial charge in [0.2, 0.25) is 11.0 Å². The summed E-state index contributed by atoms with van der Waals surface area (Å²) in [6, 6.07) is 9.90. The first-order valence-electron chi connectivity index (χ1n) is 9.46. The molecule has 1 aromatic carbocycles. The Morgan fingerprint density at radius 2 is 1.97 bits per heavy atom. The average molecular weight is 436 g/mol. The number of nitrogens with zero attached hydrogens (tertiary/aromatic N) is 4. The zero-order valence-corrected chi connectivity index (χ0v) is 18.4. The molecule has 0 spiro atoms. The molecule has 0 saturated carbocycles. The highest BCUT2D eigenvalue weighted by Crippen LogP contribution is 2.25. The van der Waals surface area contributed by atoms with Gasteiger partial charge in [0.15, 0.2) is 5.13 Å². The molecule has 3 heterocycles. The fraction of sp³-hybridized carbons (Fsp3) is 0.182. The van der Waals surface area contributed by atoms with Gasteiger partial charge in [-0.1, -0.05) is 36.4 Å². The molecule has 0 fully saturated rings. The molecule has 30 heavy (non-hydrogen) atoms. The van der Waals surface area contributed by atoms with Crippen molar-refractivity contribution < 1.29 is 4.79 Å².